The van der Waals surface area contributed by atoms with Crippen molar-refractivity contribution in [2.45, 2.75) is 18.3 Å². The molecule has 0 aliphatic carbocycles. The molecule has 0 aliphatic heterocycles. The van der Waals surface area contributed by atoms with Crippen molar-refractivity contribution < 1.29 is 13.2 Å². The fourth-order valence-corrected chi connectivity index (χ4v) is 4.32. The van der Waals surface area contributed by atoms with Gasteiger partial charge in [0, 0.05) is 17.8 Å². The van der Waals surface area contributed by atoms with Gasteiger partial charge in [-0.2, -0.15) is 0 Å². The molecule has 0 saturated heterocycles. The van der Waals surface area contributed by atoms with E-state index in [9.17, 15) is 13.2 Å². The van der Waals surface area contributed by atoms with Gasteiger partial charge in [0.15, 0.2) is 9.84 Å². The molecule has 3 aromatic rings. The molecule has 0 radical (unpaired) electrons. The van der Waals surface area contributed by atoms with E-state index in [0.717, 1.165) is 17.3 Å². The van der Waals surface area contributed by atoms with E-state index in [1.165, 1.54) is 0 Å². The lowest BCUT2D eigenvalue weighted by molar-refractivity contribution is -0.121. The van der Waals surface area contributed by atoms with E-state index in [1.54, 1.807) is 10.6 Å². The van der Waals surface area contributed by atoms with Crippen molar-refractivity contribution in [3.8, 4) is 0 Å². The predicted molar refractivity (Wildman–Crippen MR) is 119 cm³/mol. The standard InChI is InChI=1S/C21H25ClN4O3S/c1-25(2)19(15-8-4-5-9-16(15)22)12-23-21(27)13-26-18-11-7-6-10-17(18)24-20(26)14-30(3,28)29/h4-11,19H,12-14H2,1-3H3,(H,23,27). The van der Waals surface area contributed by atoms with Crippen LogP contribution in [0, 0.1) is 0 Å². The summed E-state index contributed by atoms with van der Waals surface area (Å²) in [6, 6.07) is 14.7. The highest BCUT2D eigenvalue weighted by molar-refractivity contribution is 7.89. The molecule has 7 nitrogen and oxygen atoms in total. The second-order valence-corrected chi connectivity index (χ2v) is 10.0. The number of likely N-dealkylation sites (N-methyl/N-ethyl adjacent to an activating group) is 1. The first-order valence-corrected chi connectivity index (χ1v) is 11.9. The number of sulfone groups is 1. The third-order valence-corrected chi connectivity index (χ3v) is 5.93. The number of benzene rings is 2. The lowest BCUT2D eigenvalue weighted by Crippen LogP contribution is -2.36. The lowest BCUT2D eigenvalue weighted by Gasteiger charge is -2.26. The van der Waals surface area contributed by atoms with Gasteiger partial charge in [0.25, 0.3) is 0 Å². The maximum absolute atomic E-state index is 12.8. The van der Waals surface area contributed by atoms with E-state index in [2.05, 4.69) is 10.3 Å². The predicted octanol–water partition coefficient (Wildman–Crippen LogP) is 2.65. The van der Waals surface area contributed by atoms with Crippen LogP contribution in [-0.2, 0) is 26.9 Å². The van der Waals surface area contributed by atoms with Gasteiger partial charge in [-0.1, -0.05) is 41.9 Å². The van der Waals surface area contributed by atoms with Crippen LogP contribution in [0.3, 0.4) is 0 Å². The molecule has 1 unspecified atom stereocenters. The number of aromatic nitrogens is 2. The van der Waals surface area contributed by atoms with Gasteiger partial charge in [0.1, 0.15) is 18.1 Å². The van der Waals surface area contributed by atoms with E-state index in [4.69, 9.17) is 11.6 Å². The molecular weight excluding hydrogens is 424 g/mol. The first-order chi connectivity index (χ1) is 14.2. The molecule has 0 bridgehead atoms. The van der Waals surface area contributed by atoms with Crippen LogP contribution >= 0.6 is 11.6 Å². The number of hydrogen-bond donors (Lipinski definition) is 1. The molecule has 1 aromatic heterocycles. The molecule has 160 valence electrons. The van der Waals surface area contributed by atoms with Crippen LogP contribution in [0.5, 0.6) is 0 Å². The molecule has 1 atom stereocenters. The average Bonchev–Trinajstić information content (AvgIpc) is 2.98. The quantitative estimate of drug-likeness (QED) is 0.572. The number of fused-ring (bicyclic) bond motifs is 1. The molecule has 1 heterocycles. The molecule has 0 aliphatic rings. The summed E-state index contributed by atoms with van der Waals surface area (Å²) in [7, 11) is 0.551. The summed E-state index contributed by atoms with van der Waals surface area (Å²) in [6.45, 7) is 0.345. The molecule has 1 amide bonds. The summed E-state index contributed by atoms with van der Waals surface area (Å²) < 4.78 is 25.3. The Morgan fingerprint density at radius 3 is 2.50 bits per heavy atom. The van der Waals surface area contributed by atoms with Crippen molar-refractivity contribution in [2.24, 2.45) is 0 Å². The van der Waals surface area contributed by atoms with Gasteiger partial charge < -0.3 is 14.8 Å². The van der Waals surface area contributed by atoms with Gasteiger partial charge in [-0.05, 0) is 37.9 Å². The minimum absolute atomic E-state index is 0.0198. The molecule has 2 aromatic carbocycles. The number of imidazole rings is 1. The number of nitrogens with one attached hydrogen (secondary N) is 1. The highest BCUT2D eigenvalue weighted by atomic mass is 35.5. The van der Waals surface area contributed by atoms with Crippen LogP contribution < -0.4 is 5.32 Å². The second kappa shape index (κ2) is 9.16. The molecular formula is C21H25ClN4O3S. The fraction of sp³-hybridized carbons (Fsp3) is 0.333. The molecule has 9 heteroatoms. The largest absolute Gasteiger partial charge is 0.353 e. The van der Waals surface area contributed by atoms with Gasteiger partial charge in [-0.25, -0.2) is 13.4 Å². The number of nitrogens with zero attached hydrogens (tertiary/aromatic N) is 3. The number of carbonyl (C=O) groups is 1. The molecule has 0 spiro atoms. The maximum atomic E-state index is 12.8. The van der Waals surface area contributed by atoms with E-state index >= 15 is 0 Å². The molecule has 3 rings (SSSR count). The van der Waals surface area contributed by atoms with Crippen molar-refractivity contribution in [1.29, 1.82) is 0 Å². The minimum Gasteiger partial charge on any atom is -0.353 e. The number of hydrogen-bond acceptors (Lipinski definition) is 5. The van der Waals surface area contributed by atoms with Gasteiger partial charge in [-0.15, -0.1) is 0 Å². The third-order valence-electron chi connectivity index (χ3n) is 4.81. The van der Waals surface area contributed by atoms with E-state index in [0.29, 0.717) is 22.9 Å². The fourth-order valence-electron chi connectivity index (χ4n) is 3.37. The minimum atomic E-state index is -3.30. The first-order valence-electron chi connectivity index (χ1n) is 9.45. The highest BCUT2D eigenvalue weighted by Gasteiger charge is 2.20. The number of amides is 1. The maximum Gasteiger partial charge on any atom is 0.240 e. The highest BCUT2D eigenvalue weighted by Crippen LogP contribution is 2.25. The van der Waals surface area contributed by atoms with Gasteiger partial charge in [0.2, 0.25) is 5.91 Å². The Kier molecular flexibility index (Phi) is 6.80. The van der Waals surface area contributed by atoms with Crippen molar-refractivity contribution in [3.05, 3.63) is 64.9 Å². The zero-order chi connectivity index (χ0) is 21.9. The van der Waals surface area contributed by atoms with Crippen LogP contribution in [-0.4, -0.2) is 55.7 Å². The summed E-state index contributed by atoms with van der Waals surface area (Å²) in [4.78, 5) is 19.2. The Morgan fingerprint density at radius 1 is 1.17 bits per heavy atom. The molecule has 0 fully saturated rings. The number of halogens is 1. The van der Waals surface area contributed by atoms with Crippen LogP contribution in [0.15, 0.2) is 48.5 Å². The zero-order valence-corrected chi connectivity index (χ0v) is 18.7. The Hall–Kier alpha value is -2.42. The van der Waals surface area contributed by atoms with E-state index in [-0.39, 0.29) is 24.2 Å². The SMILES string of the molecule is CN(C)C(CNC(=O)Cn1c(CS(C)(=O)=O)nc2ccccc21)c1ccccc1Cl. The van der Waals surface area contributed by atoms with Crippen molar-refractivity contribution in [1.82, 2.24) is 19.8 Å². The monoisotopic (exact) mass is 448 g/mol. The molecule has 0 saturated carbocycles. The molecule has 30 heavy (non-hydrogen) atoms. The number of carbonyl (C=O) groups excluding carboxylic acids is 1. The summed E-state index contributed by atoms with van der Waals surface area (Å²) in [5.74, 6) is -0.106. The normalized spacial score (nSPS) is 13.0. The summed E-state index contributed by atoms with van der Waals surface area (Å²) in [5, 5.41) is 3.59. The van der Waals surface area contributed by atoms with E-state index in [1.807, 2.05) is 61.5 Å². The number of rotatable bonds is 8. The van der Waals surface area contributed by atoms with Gasteiger partial charge in [0.05, 0.1) is 17.1 Å². The second-order valence-electron chi connectivity index (χ2n) is 7.48. The lowest BCUT2D eigenvalue weighted by atomic mass is 10.1. The van der Waals surface area contributed by atoms with Gasteiger partial charge in [-0.3, -0.25) is 4.79 Å². The average molecular weight is 449 g/mol. The van der Waals surface area contributed by atoms with Crippen molar-refractivity contribution in [2.75, 3.05) is 26.9 Å². The summed E-state index contributed by atoms with van der Waals surface area (Å²) >= 11 is 6.33. The van der Waals surface area contributed by atoms with Gasteiger partial charge >= 0.3 is 0 Å². The smallest absolute Gasteiger partial charge is 0.240 e. The third kappa shape index (κ3) is 5.38. The Balaban J connectivity index is 1.79. The van der Waals surface area contributed by atoms with Crippen LogP contribution in [0.1, 0.15) is 17.4 Å². The summed E-state index contributed by atoms with van der Waals surface area (Å²) in [6.07, 6.45) is 1.15. The van der Waals surface area contributed by atoms with Crippen LogP contribution in [0.2, 0.25) is 5.02 Å². The van der Waals surface area contributed by atoms with Crippen molar-refractivity contribution in [3.63, 3.8) is 0 Å². The Labute approximate surface area is 181 Å². The number of para-hydroxylation sites is 2. The van der Waals surface area contributed by atoms with E-state index < -0.39 is 9.84 Å². The van der Waals surface area contributed by atoms with Crippen LogP contribution in [0.4, 0.5) is 0 Å². The van der Waals surface area contributed by atoms with Crippen LogP contribution in [0.25, 0.3) is 11.0 Å². The van der Waals surface area contributed by atoms with Crippen molar-refractivity contribution >= 4 is 38.4 Å². The Morgan fingerprint density at radius 2 is 1.83 bits per heavy atom. The summed E-state index contributed by atoms with van der Waals surface area (Å²) in [5.41, 5.74) is 2.31. The molecule has 1 N–H and O–H groups in total. The topological polar surface area (TPSA) is 84.3 Å². The Bertz CT molecular complexity index is 1160. The first kappa shape index (κ1) is 22.3. The zero-order valence-electron chi connectivity index (χ0n) is 17.2.